The van der Waals surface area contributed by atoms with E-state index in [0.717, 1.165) is 43.2 Å². The highest BCUT2D eigenvalue weighted by Crippen LogP contribution is 2.38. The molecule has 0 aromatic heterocycles. The van der Waals surface area contributed by atoms with Crippen LogP contribution in [0, 0.1) is 11.7 Å². The van der Waals surface area contributed by atoms with Crippen LogP contribution in [0.5, 0.6) is 0 Å². The third-order valence-electron chi connectivity index (χ3n) is 6.08. The minimum absolute atomic E-state index is 0.311. The van der Waals surface area contributed by atoms with Gasteiger partial charge in [0.25, 0.3) is 0 Å². The molecule has 3 aromatic carbocycles. The zero-order chi connectivity index (χ0) is 20.6. The second-order valence-corrected chi connectivity index (χ2v) is 7.83. The SMILES string of the molecule is C=CC1CCC(c2ccc3c(F)c(-c4ccc(C(F)(F)F)cc4)ccc3c2)CC1. The Morgan fingerprint density at radius 3 is 2.17 bits per heavy atom. The van der Waals surface area contributed by atoms with E-state index in [1.54, 1.807) is 12.1 Å². The van der Waals surface area contributed by atoms with Gasteiger partial charge in [-0.1, -0.05) is 48.5 Å². The lowest BCUT2D eigenvalue weighted by Crippen LogP contribution is -2.11. The summed E-state index contributed by atoms with van der Waals surface area (Å²) in [7, 11) is 0. The van der Waals surface area contributed by atoms with Crippen molar-refractivity contribution >= 4 is 10.8 Å². The zero-order valence-corrected chi connectivity index (χ0v) is 16.0. The molecular formula is C25H22F4. The first-order chi connectivity index (χ1) is 13.9. The third kappa shape index (κ3) is 3.93. The van der Waals surface area contributed by atoms with E-state index in [9.17, 15) is 13.2 Å². The summed E-state index contributed by atoms with van der Waals surface area (Å²) in [6.07, 6.45) is 2.11. The number of halogens is 4. The Bertz CT molecular complexity index is 1020. The van der Waals surface area contributed by atoms with Crippen LogP contribution in [0.4, 0.5) is 17.6 Å². The Morgan fingerprint density at radius 1 is 0.862 bits per heavy atom. The van der Waals surface area contributed by atoms with E-state index in [1.807, 2.05) is 24.3 Å². The number of rotatable bonds is 3. The molecule has 1 saturated carbocycles. The fourth-order valence-electron chi connectivity index (χ4n) is 4.31. The summed E-state index contributed by atoms with van der Waals surface area (Å²) in [5.74, 6) is 0.674. The number of hydrogen-bond donors (Lipinski definition) is 0. The number of benzene rings is 3. The number of hydrogen-bond acceptors (Lipinski definition) is 0. The maximum Gasteiger partial charge on any atom is 0.416 e. The summed E-state index contributed by atoms with van der Waals surface area (Å²) in [6.45, 7) is 3.89. The van der Waals surface area contributed by atoms with Crippen LogP contribution in [0.25, 0.3) is 21.9 Å². The van der Waals surface area contributed by atoms with Crippen LogP contribution in [0.2, 0.25) is 0 Å². The standard InChI is InChI=1S/C25H22F4/c1-2-16-3-5-17(6-4-16)19-9-13-23-20(15-19)10-14-22(24(23)26)18-7-11-21(12-8-18)25(27,28)29/h2,7-17H,1,3-6H2. The Kier molecular flexibility index (Phi) is 5.20. The maximum atomic E-state index is 15.1. The van der Waals surface area contributed by atoms with Gasteiger partial charge >= 0.3 is 6.18 Å². The van der Waals surface area contributed by atoms with Gasteiger partial charge in [-0.15, -0.1) is 6.58 Å². The Morgan fingerprint density at radius 2 is 1.55 bits per heavy atom. The molecule has 4 heteroatoms. The minimum atomic E-state index is -4.40. The summed E-state index contributed by atoms with van der Waals surface area (Å²) in [5.41, 5.74) is 1.23. The highest BCUT2D eigenvalue weighted by molar-refractivity contribution is 5.89. The molecule has 0 aliphatic heterocycles. The molecule has 1 fully saturated rings. The fourth-order valence-corrected chi connectivity index (χ4v) is 4.31. The van der Waals surface area contributed by atoms with Crippen molar-refractivity contribution in [2.75, 3.05) is 0 Å². The van der Waals surface area contributed by atoms with Crippen LogP contribution in [0.1, 0.15) is 42.7 Å². The van der Waals surface area contributed by atoms with E-state index >= 15 is 4.39 Å². The van der Waals surface area contributed by atoms with Crippen molar-refractivity contribution < 1.29 is 17.6 Å². The average Bonchev–Trinajstić information content (AvgIpc) is 2.73. The molecular weight excluding hydrogens is 376 g/mol. The number of allylic oxidation sites excluding steroid dienone is 1. The first-order valence-corrected chi connectivity index (χ1v) is 9.89. The van der Waals surface area contributed by atoms with E-state index in [-0.39, 0.29) is 0 Å². The van der Waals surface area contributed by atoms with Gasteiger partial charge in [0.2, 0.25) is 0 Å². The van der Waals surface area contributed by atoms with Crippen molar-refractivity contribution in [1.82, 2.24) is 0 Å². The van der Waals surface area contributed by atoms with Gasteiger partial charge in [-0.25, -0.2) is 4.39 Å². The lowest BCUT2D eigenvalue weighted by atomic mass is 9.78. The molecule has 0 radical (unpaired) electrons. The van der Waals surface area contributed by atoms with Gasteiger partial charge in [-0.3, -0.25) is 0 Å². The molecule has 0 amide bonds. The molecule has 0 spiro atoms. The first kappa shape index (κ1) is 19.7. The summed E-state index contributed by atoms with van der Waals surface area (Å²) < 4.78 is 53.4. The third-order valence-corrected chi connectivity index (χ3v) is 6.08. The second-order valence-electron chi connectivity index (χ2n) is 7.83. The Labute approximate surface area is 167 Å². The van der Waals surface area contributed by atoms with E-state index in [4.69, 9.17) is 0 Å². The molecule has 0 saturated heterocycles. The van der Waals surface area contributed by atoms with Crippen LogP contribution in [0.15, 0.2) is 67.3 Å². The van der Waals surface area contributed by atoms with Crippen molar-refractivity contribution in [3.8, 4) is 11.1 Å². The molecule has 0 atom stereocenters. The summed E-state index contributed by atoms with van der Waals surface area (Å²) in [5, 5.41) is 1.31. The molecule has 0 heterocycles. The van der Waals surface area contributed by atoms with E-state index in [0.29, 0.717) is 28.3 Å². The number of fused-ring (bicyclic) bond motifs is 1. The van der Waals surface area contributed by atoms with Crippen LogP contribution >= 0.6 is 0 Å². The monoisotopic (exact) mass is 398 g/mol. The normalized spacial score (nSPS) is 20.0. The molecule has 1 aliphatic carbocycles. The van der Waals surface area contributed by atoms with Crippen LogP contribution in [-0.4, -0.2) is 0 Å². The molecule has 0 unspecified atom stereocenters. The smallest absolute Gasteiger partial charge is 0.206 e. The van der Waals surface area contributed by atoms with Crippen LogP contribution in [-0.2, 0) is 6.18 Å². The van der Waals surface area contributed by atoms with Gasteiger partial charge < -0.3 is 0 Å². The highest BCUT2D eigenvalue weighted by Gasteiger charge is 2.30. The lowest BCUT2D eigenvalue weighted by Gasteiger charge is -2.27. The lowest BCUT2D eigenvalue weighted by molar-refractivity contribution is -0.137. The van der Waals surface area contributed by atoms with Crippen LogP contribution in [0.3, 0.4) is 0 Å². The van der Waals surface area contributed by atoms with E-state index in [2.05, 4.69) is 6.58 Å². The summed E-state index contributed by atoms with van der Waals surface area (Å²) >= 11 is 0. The molecule has 4 rings (SSSR count). The molecule has 3 aromatic rings. The van der Waals surface area contributed by atoms with Gasteiger partial charge in [-0.05, 0) is 66.2 Å². The predicted molar refractivity (Wildman–Crippen MR) is 109 cm³/mol. The Balaban J connectivity index is 1.64. The zero-order valence-electron chi connectivity index (χ0n) is 16.0. The van der Waals surface area contributed by atoms with Crippen molar-refractivity contribution in [2.24, 2.45) is 5.92 Å². The number of alkyl halides is 3. The van der Waals surface area contributed by atoms with Gasteiger partial charge in [0, 0.05) is 10.9 Å². The molecule has 0 nitrogen and oxygen atoms in total. The second kappa shape index (κ2) is 7.66. The van der Waals surface area contributed by atoms with Crippen molar-refractivity contribution in [2.45, 2.75) is 37.8 Å². The fraction of sp³-hybridized carbons (Fsp3) is 0.280. The average molecular weight is 398 g/mol. The van der Waals surface area contributed by atoms with E-state index < -0.39 is 17.6 Å². The van der Waals surface area contributed by atoms with Gasteiger partial charge in [-0.2, -0.15) is 13.2 Å². The molecule has 150 valence electrons. The largest absolute Gasteiger partial charge is 0.416 e. The quantitative estimate of drug-likeness (QED) is 0.309. The van der Waals surface area contributed by atoms with E-state index in [1.165, 1.54) is 17.7 Å². The molecule has 29 heavy (non-hydrogen) atoms. The predicted octanol–water partition coefficient (Wildman–Crippen LogP) is 8.12. The molecule has 0 bridgehead atoms. The van der Waals surface area contributed by atoms with Crippen molar-refractivity contribution in [1.29, 1.82) is 0 Å². The summed E-state index contributed by atoms with van der Waals surface area (Å²) in [4.78, 5) is 0. The van der Waals surface area contributed by atoms with Gasteiger partial charge in [0.05, 0.1) is 5.56 Å². The van der Waals surface area contributed by atoms with Crippen molar-refractivity contribution in [3.05, 3.63) is 84.2 Å². The van der Waals surface area contributed by atoms with Crippen LogP contribution < -0.4 is 0 Å². The van der Waals surface area contributed by atoms with Gasteiger partial charge in [0.1, 0.15) is 5.82 Å². The first-order valence-electron chi connectivity index (χ1n) is 9.89. The van der Waals surface area contributed by atoms with Crippen molar-refractivity contribution in [3.63, 3.8) is 0 Å². The minimum Gasteiger partial charge on any atom is -0.206 e. The Hall–Kier alpha value is -2.62. The molecule has 0 N–H and O–H groups in total. The summed E-state index contributed by atoms with van der Waals surface area (Å²) in [6, 6.07) is 14.0. The maximum absolute atomic E-state index is 15.1. The van der Waals surface area contributed by atoms with Gasteiger partial charge in [0.15, 0.2) is 0 Å². The highest BCUT2D eigenvalue weighted by atomic mass is 19.4. The topological polar surface area (TPSA) is 0 Å². The molecule has 1 aliphatic rings.